The Morgan fingerprint density at radius 1 is 1.21 bits per heavy atom. The fraction of sp³-hybridized carbons (Fsp3) is 0.474. The minimum atomic E-state index is -0.825. The van der Waals surface area contributed by atoms with Gasteiger partial charge in [-0.25, -0.2) is 4.68 Å². The summed E-state index contributed by atoms with van der Waals surface area (Å²) < 4.78 is 1.87. The molecule has 2 aromatic rings. The van der Waals surface area contributed by atoms with Crippen molar-refractivity contribution in [3.8, 4) is 5.69 Å². The molecule has 0 aliphatic rings. The summed E-state index contributed by atoms with van der Waals surface area (Å²) in [5.74, 6) is -0.0888. The average molecular weight is 329 g/mol. The van der Waals surface area contributed by atoms with Gasteiger partial charge >= 0.3 is 0 Å². The Kier molecular flexibility index (Phi) is 5.78. The van der Waals surface area contributed by atoms with Gasteiger partial charge in [-0.1, -0.05) is 32.0 Å². The molecule has 1 heterocycles. The normalized spacial score (nSPS) is 11.5. The predicted molar refractivity (Wildman–Crippen MR) is 95.3 cm³/mol. The standard InChI is InChI=1S/C19H27N3O2/c1-5-19(24,6-2)13-20-18(23)12-17-14(3)21-22(15(17)4)16-10-8-7-9-11-16/h7-11,24H,5-6,12-13H2,1-4H3,(H,20,23). The number of carbonyl (C=O) groups excluding carboxylic acids is 1. The van der Waals surface area contributed by atoms with Crippen LogP contribution in [0.3, 0.4) is 0 Å². The lowest BCUT2D eigenvalue weighted by molar-refractivity contribution is -0.121. The van der Waals surface area contributed by atoms with Crippen molar-refractivity contribution in [1.82, 2.24) is 15.1 Å². The Morgan fingerprint density at radius 3 is 2.42 bits per heavy atom. The van der Waals surface area contributed by atoms with Crippen molar-refractivity contribution in [3.63, 3.8) is 0 Å². The molecule has 0 saturated carbocycles. The van der Waals surface area contributed by atoms with Gasteiger partial charge in [0.2, 0.25) is 5.91 Å². The number of nitrogens with one attached hydrogen (secondary N) is 1. The molecule has 0 radical (unpaired) electrons. The molecule has 2 N–H and O–H groups in total. The van der Waals surface area contributed by atoms with Gasteiger partial charge in [-0.05, 0) is 38.8 Å². The second-order valence-corrected chi connectivity index (χ2v) is 6.28. The van der Waals surface area contributed by atoms with Crippen LogP contribution in [0.1, 0.15) is 43.6 Å². The third-order valence-corrected chi connectivity index (χ3v) is 4.71. The number of hydrogen-bond acceptors (Lipinski definition) is 3. The molecule has 24 heavy (non-hydrogen) atoms. The zero-order valence-electron chi connectivity index (χ0n) is 15.0. The van der Waals surface area contributed by atoms with Crippen molar-refractivity contribution < 1.29 is 9.90 Å². The first kappa shape index (κ1) is 18.2. The topological polar surface area (TPSA) is 67.2 Å². The summed E-state index contributed by atoms with van der Waals surface area (Å²) in [6, 6.07) is 9.88. The lowest BCUT2D eigenvalue weighted by Crippen LogP contribution is -2.42. The summed E-state index contributed by atoms with van der Waals surface area (Å²) in [7, 11) is 0. The van der Waals surface area contributed by atoms with Crippen LogP contribution in [0.4, 0.5) is 0 Å². The minimum absolute atomic E-state index is 0.0888. The smallest absolute Gasteiger partial charge is 0.224 e. The molecule has 5 heteroatoms. The highest BCUT2D eigenvalue weighted by Crippen LogP contribution is 2.18. The molecule has 0 atom stereocenters. The molecule has 1 amide bonds. The summed E-state index contributed by atoms with van der Waals surface area (Å²) in [4.78, 5) is 12.3. The van der Waals surface area contributed by atoms with E-state index in [1.54, 1.807) is 0 Å². The number of aliphatic hydroxyl groups is 1. The number of benzene rings is 1. The quantitative estimate of drug-likeness (QED) is 0.821. The summed E-state index contributed by atoms with van der Waals surface area (Å²) in [6.07, 6.45) is 1.51. The zero-order valence-corrected chi connectivity index (χ0v) is 15.0. The molecular weight excluding hydrogens is 302 g/mol. The Bertz CT molecular complexity index is 688. The number of para-hydroxylation sites is 1. The van der Waals surface area contributed by atoms with Crippen LogP contribution in [-0.4, -0.2) is 32.9 Å². The molecule has 0 aliphatic heterocycles. The molecule has 0 unspecified atom stereocenters. The van der Waals surface area contributed by atoms with Crippen LogP contribution >= 0.6 is 0 Å². The number of amides is 1. The van der Waals surface area contributed by atoms with Crippen LogP contribution in [-0.2, 0) is 11.2 Å². The summed E-state index contributed by atoms with van der Waals surface area (Å²) in [6.45, 7) is 8.03. The van der Waals surface area contributed by atoms with E-state index >= 15 is 0 Å². The SMILES string of the molecule is CCC(O)(CC)CNC(=O)Cc1c(C)nn(-c2ccccc2)c1C. The van der Waals surface area contributed by atoms with E-state index in [-0.39, 0.29) is 18.9 Å². The number of nitrogens with zero attached hydrogens (tertiary/aromatic N) is 2. The fourth-order valence-corrected chi connectivity index (χ4v) is 2.74. The van der Waals surface area contributed by atoms with Gasteiger partial charge in [-0.2, -0.15) is 5.10 Å². The molecule has 0 saturated heterocycles. The van der Waals surface area contributed by atoms with E-state index in [9.17, 15) is 9.90 Å². The van der Waals surface area contributed by atoms with Crippen LogP contribution in [0.15, 0.2) is 30.3 Å². The second-order valence-electron chi connectivity index (χ2n) is 6.28. The number of hydrogen-bond donors (Lipinski definition) is 2. The van der Waals surface area contributed by atoms with E-state index in [0.29, 0.717) is 12.8 Å². The second kappa shape index (κ2) is 7.62. The molecule has 0 spiro atoms. The van der Waals surface area contributed by atoms with Crippen LogP contribution < -0.4 is 5.32 Å². The van der Waals surface area contributed by atoms with Crippen LogP contribution in [0, 0.1) is 13.8 Å². The van der Waals surface area contributed by atoms with Gasteiger partial charge in [-0.15, -0.1) is 0 Å². The van der Waals surface area contributed by atoms with Gasteiger partial charge in [0.15, 0.2) is 0 Å². The third-order valence-electron chi connectivity index (χ3n) is 4.71. The van der Waals surface area contributed by atoms with E-state index in [1.807, 2.05) is 62.7 Å². The van der Waals surface area contributed by atoms with E-state index in [2.05, 4.69) is 10.4 Å². The lowest BCUT2D eigenvalue weighted by atomic mass is 9.97. The lowest BCUT2D eigenvalue weighted by Gasteiger charge is -2.25. The maximum absolute atomic E-state index is 12.3. The molecular formula is C19H27N3O2. The summed E-state index contributed by atoms with van der Waals surface area (Å²) in [5.41, 5.74) is 2.92. The van der Waals surface area contributed by atoms with Crippen molar-refractivity contribution in [1.29, 1.82) is 0 Å². The maximum Gasteiger partial charge on any atom is 0.224 e. The number of aromatic nitrogens is 2. The first-order chi connectivity index (χ1) is 11.4. The van der Waals surface area contributed by atoms with E-state index in [0.717, 1.165) is 22.6 Å². The van der Waals surface area contributed by atoms with Crippen LogP contribution in [0.5, 0.6) is 0 Å². The molecule has 0 aliphatic carbocycles. The highest BCUT2D eigenvalue weighted by molar-refractivity contribution is 5.79. The average Bonchev–Trinajstić information content (AvgIpc) is 2.88. The number of rotatable bonds is 7. The van der Waals surface area contributed by atoms with Crippen LogP contribution in [0.25, 0.3) is 5.69 Å². The Labute approximate surface area is 143 Å². The van der Waals surface area contributed by atoms with Crippen molar-refractivity contribution in [2.24, 2.45) is 0 Å². The van der Waals surface area contributed by atoms with Crippen molar-refractivity contribution in [2.45, 2.75) is 52.6 Å². The van der Waals surface area contributed by atoms with Crippen molar-refractivity contribution >= 4 is 5.91 Å². The fourth-order valence-electron chi connectivity index (χ4n) is 2.74. The number of aryl methyl sites for hydroxylation is 1. The third kappa shape index (κ3) is 4.03. The molecule has 2 rings (SSSR count). The monoisotopic (exact) mass is 329 g/mol. The van der Waals surface area contributed by atoms with Gasteiger partial charge in [0.05, 0.1) is 23.4 Å². The minimum Gasteiger partial charge on any atom is -0.388 e. The summed E-state index contributed by atoms with van der Waals surface area (Å²) in [5, 5.41) is 17.7. The summed E-state index contributed by atoms with van der Waals surface area (Å²) >= 11 is 0. The molecule has 0 fully saturated rings. The largest absolute Gasteiger partial charge is 0.388 e. The predicted octanol–water partition coefficient (Wildman–Crippen LogP) is 2.70. The first-order valence-corrected chi connectivity index (χ1v) is 8.49. The first-order valence-electron chi connectivity index (χ1n) is 8.49. The van der Waals surface area contributed by atoms with Gasteiger partial charge in [0, 0.05) is 17.8 Å². The maximum atomic E-state index is 12.3. The van der Waals surface area contributed by atoms with Gasteiger partial charge in [0.25, 0.3) is 0 Å². The highest BCUT2D eigenvalue weighted by Gasteiger charge is 2.23. The Morgan fingerprint density at radius 2 is 1.83 bits per heavy atom. The number of carbonyl (C=O) groups is 1. The van der Waals surface area contributed by atoms with Crippen molar-refractivity contribution in [2.75, 3.05) is 6.54 Å². The Hall–Kier alpha value is -2.14. The van der Waals surface area contributed by atoms with Gasteiger partial charge in [0.1, 0.15) is 0 Å². The van der Waals surface area contributed by atoms with Crippen LogP contribution in [0.2, 0.25) is 0 Å². The highest BCUT2D eigenvalue weighted by atomic mass is 16.3. The molecule has 1 aromatic carbocycles. The van der Waals surface area contributed by atoms with Gasteiger partial charge in [-0.3, -0.25) is 4.79 Å². The van der Waals surface area contributed by atoms with E-state index in [4.69, 9.17) is 0 Å². The van der Waals surface area contributed by atoms with E-state index in [1.165, 1.54) is 0 Å². The molecule has 130 valence electrons. The van der Waals surface area contributed by atoms with Crippen molar-refractivity contribution in [3.05, 3.63) is 47.3 Å². The zero-order chi connectivity index (χ0) is 17.7. The van der Waals surface area contributed by atoms with E-state index < -0.39 is 5.60 Å². The molecule has 1 aromatic heterocycles. The van der Waals surface area contributed by atoms with Gasteiger partial charge < -0.3 is 10.4 Å². The Balaban J connectivity index is 2.11. The molecule has 0 bridgehead atoms. The molecule has 5 nitrogen and oxygen atoms in total.